The first-order valence-electron chi connectivity index (χ1n) is 5.75. The largest absolute Gasteiger partial charge is 0.381 e. The van der Waals surface area contributed by atoms with Crippen molar-refractivity contribution in [2.24, 2.45) is 0 Å². The molecule has 0 unspecified atom stereocenters. The molecule has 0 fully saturated rings. The third kappa shape index (κ3) is 2.95. The molecule has 0 aliphatic heterocycles. The second-order valence-electron chi connectivity index (χ2n) is 2.86. The first-order valence-corrected chi connectivity index (χ1v) is 5.75. The molecule has 0 amide bonds. The molecule has 0 radical (unpaired) electrons. The number of hydrogen-bond donors (Lipinski definition) is 1. The molecule has 2 heterocycles. The van der Waals surface area contributed by atoms with E-state index < -0.39 is 0 Å². The van der Waals surface area contributed by atoms with Crippen LogP contribution in [-0.4, -0.2) is 14.4 Å². The number of fused-ring (bicyclic) bond motifs is 1. The molecule has 0 aromatic carbocycles. The highest BCUT2D eigenvalue weighted by molar-refractivity contribution is 5.60. The maximum absolute atomic E-state index is 5.68. The van der Waals surface area contributed by atoms with E-state index in [4.69, 9.17) is 5.73 Å². The molecule has 0 aliphatic rings. The fraction of sp³-hybridized carbons (Fsp3) is 0.500. The van der Waals surface area contributed by atoms with Crippen molar-refractivity contribution in [1.29, 1.82) is 0 Å². The molecule has 4 heteroatoms. The number of imidazole rings is 1. The highest BCUT2D eigenvalue weighted by atomic mass is 15.1. The third-order valence-corrected chi connectivity index (χ3v) is 1.82. The second-order valence-corrected chi connectivity index (χ2v) is 2.86. The van der Waals surface area contributed by atoms with E-state index in [2.05, 4.69) is 9.97 Å². The Bertz CT molecular complexity index is 432. The minimum atomic E-state index is 0.489. The Morgan fingerprint density at radius 2 is 1.69 bits per heavy atom. The van der Waals surface area contributed by atoms with Crippen LogP contribution in [0.15, 0.2) is 12.4 Å². The van der Waals surface area contributed by atoms with Gasteiger partial charge in [0.2, 0.25) is 0 Å². The number of nitrogen functional groups attached to an aromatic ring is 1. The summed E-state index contributed by atoms with van der Waals surface area (Å²) in [7, 11) is 0. The second kappa shape index (κ2) is 6.82. The molecule has 0 saturated heterocycles. The molecule has 4 nitrogen and oxygen atoms in total. The summed E-state index contributed by atoms with van der Waals surface area (Å²) < 4.78 is 1.94. The van der Waals surface area contributed by atoms with E-state index in [-0.39, 0.29) is 0 Å². The number of aromatic nitrogens is 3. The van der Waals surface area contributed by atoms with E-state index in [1.165, 1.54) is 0 Å². The molecule has 90 valence electrons. The molecule has 2 aromatic rings. The van der Waals surface area contributed by atoms with Crippen molar-refractivity contribution in [3.05, 3.63) is 23.8 Å². The zero-order valence-electron chi connectivity index (χ0n) is 11.1. The lowest BCUT2D eigenvalue weighted by molar-refractivity contribution is 1.04. The minimum Gasteiger partial charge on any atom is -0.381 e. The van der Waals surface area contributed by atoms with Crippen LogP contribution in [0.2, 0.25) is 0 Å². The van der Waals surface area contributed by atoms with Crippen LogP contribution < -0.4 is 5.73 Å². The van der Waals surface area contributed by atoms with Crippen LogP contribution in [0.25, 0.3) is 5.65 Å². The fourth-order valence-electron chi connectivity index (χ4n) is 1.25. The summed E-state index contributed by atoms with van der Waals surface area (Å²) in [5, 5.41) is 0. The van der Waals surface area contributed by atoms with E-state index in [0.717, 1.165) is 17.0 Å². The Balaban J connectivity index is 0.000000509. The Hall–Kier alpha value is -1.58. The Morgan fingerprint density at radius 3 is 2.25 bits per heavy atom. The van der Waals surface area contributed by atoms with Gasteiger partial charge in [0, 0.05) is 18.1 Å². The van der Waals surface area contributed by atoms with Crippen LogP contribution >= 0.6 is 0 Å². The maximum atomic E-state index is 5.68. The Kier molecular flexibility index (Phi) is 6.15. The Labute approximate surface area is 97.5 Å². The summed E-state index contributed by atoms with van der Waals surface area (Å²) in [6.07, 6.45) is 3.71. The van der Waals surface area contributed by atoms with Gasteiger partial charge in [0.15, 0.2) is 11.5 Å². The molecule has 2 N–H and O–H groups in total. The van der Waals surface area contributed by atoms with Crippen LogP contribution in [0.1, 0.15) is 39.1 Å². The number of nitrogens with zero attached hydrogens (tertiary/aromatic N) is 3. The quantitative estimate of drug-likeness (QED) is 0.745. The molecule has 0 spiro atoms. The van der Waals surface area contributed by atoms with E-state index in [9.17, 15) is 0 Å². The summed E-state index contributed by atoms with van der Waals surface area (Å²) >= 11 is 0. The lowest BCUT2D eigenvalue weighted by Crippen LogP contribution is -1.99. The molecule has 0 atom stereocenters. The summed E-state index contributed by atoms with van der Waals surface area (Å²) in [6, 6.07) is 0. The standard InChI is InChI=1S/C8H10N4.2C2H6/c1-5-4-12-6(2)3-10-8(12)7(9)11-5;2*1-2/h3-4H,1-2H3,(H2,9,11);2*1-2H3. The van der Waals surface area contributed by atoms with Crippen LogP contribution in [-0.2, 0) is 0 Å². The SMILES string of the molecule is CC.CC.Cc1cn2c(C)cnc2c(N)n1. The first-order chi connectivity index (χ1) is 7.68. The molecule has 16 heavy (non-hydrogen) atoms. The van der Waals surface area contributed by atoms with Gasteiger partial charge < -0.3 is 5.73 Å². The summed E-state index contributed by atoms with van der Waals surface area (Å²) in [6.45, 7) is 11.9. The number of aryl methyl sites for hydroxylation is 2. The van der Waals surface area contributed by atoms with Gasteiger partial charge in [-0.3, -0.25) is 4.40 Å². The maximum Gasteiger partial charge on any atom is 0.180 e. The van der Waals surface area contributed by atoms with Gasteiger partial charge in [0.25, 0.3) is 0 Å². The van der Waals surface area contributed by atoms with Crippen molar-refractivity contribution in [3.8, 4) is 0 Å². The summed E-state index contributed by atoms with van der Waals surface area (Å²) in [5.74, 6) is 0.489. The minimum absolute atomic E-state index is 0.489. The lowest BCUT2D eigenvalue weighted by Gasteiger charge is -2.00. The van der Waals surface area contributed by atoms with Gasteiger partial charge >= 0.3 is 0 Å². The van der Waals surface area contributed by atoms with Gasteiger partial charge in [-0.15, -0.1) is 0 Å². The van der Waals surface area contributed by atoms with Crippen molar-refractivity contribution in [2.75, 3.05) is 5.73 Å². The van der Waals surface area contributed by atoms with Crippen molar-refractivity contribution < 1.29 is 0 Å². The average molecular weight is 222 g/mol. The molecular weight excluding hydrogens is 200 g/mol. The van der Waals surface area contributed by atoms with Crippen LogP contribution in [0.4, 0.5) is 5.82 Å². The van der Waals surface area contributed by atoms with Gasteiger partial charge in [-0.2, -0.15) is 0 Å². The monoisotopic (exact) mass is 222 g/mol. The van der Waals surface area contributed by atoms with Crippen LogP contribution in [0.5, 0.6) is 0 Å². The molecule has 2 rings (SSSR count). The van der Waals surface area contributed by atoms with Crippen molar-refractivity contribution in [2.45, 2.75) is 41.5 Å². The Morgan fingerprint density at radius 1 is 1.12 bits per heavy atom. The highest BCUT2D eigenvalue weighted by Crippen LogP contribution is 2.11. The van der Waals surface area contributed by atoms with E-state index in [1.807, 2.05) is 52.1 Å². The van der Waals surface area contributed by atoms with Crippen molar-refractivity contribution in [1.82, 2.24) is 14.4 Å². The van der Waals surface area contributed by atoms with E-state index >= 15 is 0 Å². The average Bonchev–Trinajstić information content (AvgIpc) is 2.67. The smallest absolute Gasteiger partial charge is 0.180 e. The lowest BCUT2D eigenvalue weighted by atomic mass is 10.4. The number of hydrogen-bond acceptors (Lipinski definition) is 3. The topological polar surface area (TPSA) is 56.2 Å². The molecule has 0 saturated carbocycles. The van der Waals surface area contributed by atoms with Crippen LogP contribution in [0, 0.1) is 13.8 Å². The van der Waals surface area contributed by atoms with E-state index in [1.54, 1.807) is 6.20 Å². The number of anilines is 1. The van der Waals surface area contributed by atoms with Gasteiger partial charge in [0.1, 0.15) is 0 Å². The molecular formula is C12H22N4. The molecule has 0 aliphatic carbocycles. The number of rotatable bonds is 0. The number of nitrogens with two attached hydrogens (primary N) is 1. The summed E-state index contributed by atoms with van der Waals surface area (Å²) in [5.41, 5.74) is 8.39. The fourth-order valence-corrected chi connectivity index (χ4v) is 1.25. The van der Waals surface area contributed by atoms with Gasteiger partial charge in [-0.25, -0.2) is 9.97 Å². The third-order valence-electron chi connectivity index (χ3n) is 1.82. The zero-order chi connectivity index (χ0) is 12.7. The van der Waals surface area contributed by atoms with Crippen molar-refractivity contribution >= 4 is 11.5 Å². The van der Waals surface area contributed by atoms with E-state index in [0.29, 0.717) is 5.82 Å². The van der Waals surface area contributed by atoms with Gasteiger partial charge in [0.05, 0.1) is 5.69 Å². The van der Waals surface area contributed by atoms with Crippen LogP contribution in [0.3, 0.4) is 0 Å². The first kappa shape index (κ1) is 14.4. The van der Waals surface area contributed by atoms with Gasteiger partial charge in [-0.05, 0) is 13.8 Å². The predicted octanol–water partition coefficient (Wildman–Crippen LogP) is 2.98. The normalized spacial score (nSPS) is 8.88. The predicted molar refractivity (Wildman–Crippen MR) is 69.6 cm³/mol. The zero-order valence-corrected chi connectivity index (χ0v) is 11.1. The molecule has 2 aromatic heterocycles. The molecule has 0 bridgehead atoms. The van der Waals surface area contributed by atoms with Crippen molar-refractivity contribution in [3.63, 3.8) is 0 Å². The highest BCUT2D eigenvalue weighted by Gasteiger charge is 2.03. The van der Waals surface area contributed by atoms with Gasteiger partial charge in [-0.1, -0.05) is 27.7 Å². The summed E-state index contributed by atoms with van der Waals surface area (Å²) in [4.78, 5) is 8.24.